The van der Waals surface area contributed by atoms with E-state index in [0.29, 0.717) is 6.42 Å². The predicted molar refractivity (Wildman–Crippen MR) is 79.8 cm³/mol. The molecule has 0 spiro atoms. The molecule has 1 heterocycles. The van der Waals surface area contributed by atoms with E-state index in [2.05, 4.69) is 27.3 Å². The van der Waals surface area contributed by atoms with E-state index < -0.39 is 0 Å². The van der Waals surface area contributed by atoms with Gasteiger partial charge in [-0.1, -0.05) is 29.8 Å². The van der Waals surface area contributed by atoms with Gasteiger partial charge >= 0.3 is 0 Å². The number of halogens is 1. The largest absolute Gasteiger partial charge is 0.493 e. The molecule has 0 aliphatic carbocycles. The molecule has 4 heteroatoms. The Hall–Kier alpha value is -0.870. The second-order valence-corrected chi connectivity index (χ2v) is 5.92. The summed E-state index contributed by atoms with van der Waals surface area (Å²) in [5, 5.41) is 3.22. The molecule has 2 rings (SSSR count). The third-order valence-corrected chi connectivity index (χ3v) is 3.90. The summed E-state index contributed by atoms with van der Waals surface area (Å²) >= 11 is 3.51. The fraction of sp³-hybridized carbons (Fsp3) is 0.533. The van der Waals surface area contributed by atoms with Crippen LogP contribution in [0.2, 0.25) is 0 Å². The number of fused-ring (bicyclic) bond motifs is 1. The van der Waals surface area contributed by atoms with Gasteiger partial charge in [0.1, 0.15) is 11.5 Å². The lowest BCUT2D eigenvalue weighted by atomic mass is 9.97. The maximum atomic E-state index is 12.2. The van der Waals surface area contributed by atoms with Gasteiger partial charge in [0, 0.05) is 35.3 Å². The smallest absolute Gasteiger partial charge is 0.141 e. The lowest BCUT2D eigenvalue weighted by Gasteiger charge is -2.13. The molecule has 0 fully saturated rings. The highest BCUT2D eigenvalue weighted by molar-refractivity contribution is 9.10. The average molecular weight is 326 g/mol. The van der Waals surface area contributed by atoms with E-state index in [-0.39, 0.29) is 11.7 Å². The monoisotopic (exact) mass is 325 g/mol. The molecule has 0 saturated carbocycles. The zero-order valence-electron chi connectivity index (χ0n) is 11.5. The molecule has 1 unspecified atom stereocenters. The summed E-state index contributed by atoms with van der Waals surface area (Å²) in [5.74, 6) is 1.22. The van der Waals surface area contributed by atoms with E-state index in [0.717, 1.165) is 41.9 Å². The summed E-state index contributed by atoms with van der Waals surface area (Å²) in [6.07, 6.45) is 1.39. The standard InChI is InChI=1S/C15H20BrNO2/c1-3-17-9-10(2)14(18)8-12-7-13(16)6-11-4-5-19-15(11)12/h6-7,10,17H,3-5,8-9H2,1-2H3. The summed E-state index contributed by atoms with van der Waals surface area (Å²) in [6.45, 7) is 6.38. The summed E-state index contributed by atoms with van der Waals surface area (Å²) in [7, 11) is 0. The van der Waals surface area contributed by atoms with Crippen LogP contribution in [0.1, 0.15) is 25.0 Å². The Morgan fingerprint density at radius 3 is 3.05 bits per heavy atom. The van der Waals surface area contributed by atoms with Gasteiger partial charge in [0.2, 0.25) is 0 Å². The van der Waals surface area contributed by atoms with E-state index >= 15 is 0 Å². The molecule has 1 aromatic rings. The lowest BCUT2D eigenvalue weighted by molar-refractivity contribution is -0.121. The second-order valence-electron chi connectivity index (χ2n) is 5.00. The zero-order chi connectivity index (χ0) is 13.8. The lowest BCUT2D eigenvalue weighted by Crippen LogP contribution is -2.27. The first-order valence-corrected chi connectivity index (χ1v) is 7.58. The van der Waals surface area contributed by atoms with Gasteiger partial charge in [-0.15, -0.1) is 0 Å². The molecule has 0 aromatic heterocycles. The fourth-order valence-corrected chi connectivity index (χ4v) is 2.87. The van der Waals surface area contributed by atoms with Crippen LogP contribution in [0, 0.1) is 5.92 Å². The minimum atomic E-state index is 0.0379. The summed E-state index contributed by atoms with van der Waals surface area (Å²) < 4.78 is 6.68. The molecular weight excluding hydrogens is 306 g/mol. The Labute approximate surface area is 122 Å². The molecule has 0 radical (unpaired) electrons. The van der Waals surface area contributed by atoms with Gasteiger partial charge < -0.3 is 10.1 Å². The first-order valence-electron chi connectivity index (χ1n) is 6.79. The van der Waals surface area contributed by atoms with Gasteiger partial charge in [0.05, 0.1) is 6.61 Å². The highest BCUT2D eigenvalue weighted by Crippen LogP contribution is 2.33. The van der Waals surface area contributed by atoms with Crippen LogP contribution in [0.5, 0.6) is 5.75 Å². The first-order chi connectivity index (χ1) is 9.11. The summed E-state index contributed by atoms with van der Waals surface area (Å²) in [5.41, 5.74) is 2.21. The molecule has 104 valence electrons. The van der Waals surface area contributed by atoms with Crippen molar-refractivity contribution in [2.75, 3.05) is 19.7 Å². The molecule has 1 atom stereocenters. The van der Waals surface area contributed by atoms with Crippen LogP contribution in [-0.2, 0) is 17.6 Å². The maximum Gasteiger partial charge on any atom is 0.141 e. The number of carbonyl (C=O) groups excluding carboxylic acids is 1. The van der Waals surface area contributed by atoms with Crippen LogP contribution in [-0.4, -0.2) is 25.5 Å². The van der Waals surface area contributed by atoms with Crippen LogP contribution in [0.25, 0.3) is 0 Å². The van der Waals surface area contributed by atoms with Crippen molar-refractivity contribution in [2.45, 2.75) is 26.7 Å². The average Bonchev–Trinajstić information content (AvgIpc) is 2.83. The predicted octanol–water partition coefficient (Wildman–Crippen LogP) is 2.74. The van der Waals surface area contributed by atoms with Crippen LogP contribution < -0.4 is 10.1 Å². The van der Waals surface area contributed by atoms with Crippen molar-refractivity contribution < 1.29 is 9.53 Å². The number of hydrogen-bond acceptors (Lipinski definition) is 3. The number of benzene rings is 1. The summed E-state index contributed by atoms with van der Waals surface area (Å²) in [6, 6.07) is 4.08. The molecular formula is C15H20BrNO2. The van der Waals surface area contributed by atoms with E-state index in [9.17, 15) is 4.79 Å². The van der Waals surface area contributed by atoms with Gasteiger partial charge in [0.25, 0.3) is 0 Å². The number of carbonyl (C=O) groups is 1. The Balaban J connectivity index is 2.09. The van der Waals surface area contributed by atoms with Crippen molar-refractivity contribution >= 4 is 21.7 Å². The quantitative estimate of drug-likeness (QED) is 0.874. The minimum absolute atomic E-state index is 0.0379. The van der Waals surface area contributed by atoms with Crippen molar-refractivity contribution in [3.8, 4) is 5.75 Å². The van der Waals surface area contributed by atoms with Crippen LogP contribution in [0.3, 0.4) is 0 Å². The van der Waals surface area contributed by atoms with E-state index in [1.807, 2.05) is 19.9 Å². The Morgan fingerprint density at radius 2 is 2.32 bits per heavy atom. The van der Waals surface area contributed by atoms with E-state index in [1.54, 1.807) is 0 Å². The van der Waals surface area contributed by atoms with E-state index in [1.165, 1.54) is 5.56 Å². The second kappa shape index (κ2) is 6.53. The number of nitrogens with one attached hydrogen (secondary N) is 1. The van der Waals surface area contributed by atoms with Crippen molar-refractivity contribution in [2.24, 2.45) is 5.92 Å². The number of hydrogen-bond donors (Lipinski definition) is 1. The van der Waals surface area contributed by atoms with Crippen molar-refractivity contribution in [1.82, 2.24) is 5.32 Å². The fourth-order valence-electron chi connectivity index (χ4n) is 2.31. The topological polar surface area (TPSA) is 38.3 Å². The van der Waals surface area contributed by atoms with Crippen molar-refractivity contribution in [3.63, 3.8) is 0 Å². The number of ketones is 1. The van der Waals surface area contributed by atoms with Crippen LogP contribution in [0.15, 0.2) is 16.6 Å². The SMILES string of the molecule is CCNCC(C)C(=O)Cc1cc(Br)cc2c1OCC2. The van der Waals surface area contributed by atoms with Crippen LogP contribution >= 0.6 is 15.9 Å². The third kappa shape index (κ3) is 3.57. The van der Waals surface area contributed by atoms with Gasteiger partial charge in [-0.25, -0.2) is 0 Å². The van der Waals surface area contributed by atoms with Crippen LogP contribution in [0.4, 0.5) is 0 Å². The molecule has 19 heavy (non-hydrogen) atoms. The highest BCUT2D eigenvalue weighted by Gasteiger charge is 2.21. The summed E-state index contributed by atoms with van der Waals surface area (Å²) in [4.78, 5) is 12.2. The molecule has 0 amide bonds. The zero-order valence-corrected chi connectivity index (χ0v) is 13.0. The molecule has 1 aliphatic heterocycles. The molecule has 3 nitrogen and oxygen atoms in total. The Morgan fingerprint density at radius 1 is 1.53 bits per heavy atom. The molecule has 0 saturated heterocycles. The molecule has 1 aromatic carbocycles. The first kappa shape index (κ1) is 14.5. The number of rotatable bonds is 6. The Kier molecular flexibility index (Phi) is 4.99. The number of ether oxygens (including phenoxy) is 1. The maximum absolute atomic E-state index is 12.2. The minimum Gasteiger partial charge on any atom is -0.493 e. The Bertz CT molecular complexity index is 473. The molecule has 1 N–H and O–H groups in total. The van der Waals surface area contributed by atoms with Gasteiger partial charge in [-0.05, 0) is 24.2 Å². The van der Waals surface area contributed by atoms with Crippen molar-refractivity contribution in [3.05, 3.63) is 27.7 Å². The number of Topliss-reactive ketones (excluding diaryl/α,β-unsaturated/α-hetero) is 1. The normalized spacial score (nSPS) is 14.9. The van der Waals surface area contributed by atoms with Gasteiger partial charge in [-0.3, -0.25) is 4.79 Å². The van der Waals surface area contributed by atoms with Gasteiger partial charge in [-0.2, -0.15) is 0 Å². The van der Waals surface area contributed by atoms with E-state index in [4.69, 9.17) is 4.74 Å². The van der Waals surface area contributed by atoms with Crippen molar-refractivity contribution in [1.29, 1.82) is 0 Å². The molecule has 0 bridgehead atoms. The van der Waals surface area contributed by atoms with Gasteiger partial charge in [0.15, 0.2) is 0 Å². The molecule has 1 aliphatic rings. The highest BCUT2D eigenvalue weighted by atomic mass is 79.9. The third-order valence-electron chi connectivity index (χ3n) is 3.44.